The Morgan fingerprint density at radius 1 is 1.00 bits per heavy atom. The molecule has 0 aliphatic heterocycles. The largest absolute Gasteiger partial charge is 0.443 e. The van der Waals surface area contributed by atoms with Crippen molar-refractivity contribution < 1.29 is 17.9 Å². The summed E-state index contributed by atoms with van der Waals surface area (Å²) in [7, 11) is -3.54. The van der Waals surface area contributed by atoms with E-state index in [4.69, 9.17) is 16.0 Å². The van der Waals surface area contributed by atoms with Crippen molar-refractivity contribution in [3.8, 4) is 28.1 Å². The normalized spacial score (nSPS) is 11.7. The highest BCUT2D eigenvalue weighted by Crippen LogP contribution is 2.36. The number of hydrogen-bond acceptors (Lipinski definition) is 6. The van der Waals surface area contributed by atoms with Gasteiger partial charge >= 0.3 is 0 Å². The fraction of sp³-hybridized carbons (Fsp3) is 0.172. The first-order chi connectivity index (χ1) is 18.1. The molecule has 2 heterocycles. The van der Waals surface area contributed by atoms with E-state index in [1.54, 1.807) is 18.2 Å². The van der Waals surface area contributed by atoms with Gasteiger partial charge in [-0.15, -0.1) is 0 Å². The molecule has 0 unspecified atom stereocenters. The number of aliphatic hydroxyl groups excluding tert-OH is 1. The molecule has 0 fully saturated rings. The number of aromatic nitrogens is 3. The topological polar surface area (TPSA) is 98.2 Å². The molecule has 9 heteroatoms. The molecule has 0 amide bonds. The third-order valence-corrected chi connectivity index (χ3v) is 7.83. The molecule has 0 atom stereocenters. The van der Waals surface area contributed by atoms with Gasteiger partial charge in [0.15, 0.2) is 22.0 Å². The molecule has 0 saturated heterocycles. The summed E-state index contributed by atoms with van der Waals surface area (Å²) in [6.07, 6.45) is 5.07. The van der Waals surface area contributed by atoms with Crippen molar-refractivity contribution in [3.63, 3.8) is 0 Å². The first-order valence-electron chi connectivity index (χ1n) is 11.9. The van der Waals surface area contributed by atoms with Crippen molar-refractivity contribution in [3.05, 3.63) is 107 Å². The van der Waals surface area contributed by atoms with Crippen molar-refractivity contribution in [2.45, 2.75) is 31.8 Å². The minimum atomic E-state index is -3.54. The van der Waals surface area contributed by atoms with E-state index in [0.29, 0.717) is 28.3 Å². The quantitative estimate of drug-likeness (QED) is 0.270. The lowest BCUT2D eigenvalue weighted by Crippen LogP contribution is -2.03. The number of aliphatic hydroxyl groups is 1. The second-order valence-electron chi connectivity index (χ2n) is 9.22. The summed E-state index contributed by atoms with van der Waals surface area (Å²) in [6, 6.07) is 18.5. The second-order valence-corrected chi connectivity index (χ2v) is 11.6. The fourth-order valence-electron chi connectivity index (χ4n) is 4.59. The van der Waals surface area contributed by atoms with E-state index in [-0.39, 0.29) is 11.5 Å². The van der Waals surface area contributed by atoms with Crippen LogP contribution in [-0.2, 0) is 22.9 Å². The third kappa shape index (κ3) is 5.15. The monoisotopic (exact) mass is 547 g/mol. The number of hydrogen-bond donors (Lipinski definition) is 1. The van der Waals surface area contributed by atoms with Crippen molar-refractivity contribution in [2.75, 3.05) is 6.26 Å². The maximum Gasteiger partial charge on any atom is 0.181 e. The number of benzene rings is 3. The van der Waals surface area contributed by atoms with E-state index in [1.807, 2.05) is 67.1 Å². The van der Waals surface area contributed by atoms with Gasteiger partial charge in [-0.05, 0) is 66.4 Å². The first-order valence-corrected chi connectivity index (χ1v) is 14.2. The van der Waals surface area contributed by atoms with Crippen LogP contribution in [0.25, 0.3) is 28.1 Å². The lowest BCUT2D eigenvalue weighted by molar-refractivity contribution is 0.278. The van der Waals surface area contributed by atoms with Crippen molar-refractivity contribution in [2.24, 2.45) is 0 Å². The van der Waals surface area contributed by atoms with Gasteiger partial charge in [-0.25, -0.2) is 18.4 Å². The van der Waals surface area contributed by atoms with Crippen LogP contribution in [0.15, 0.2) is 82.6 Å². The summed E-state index contributed by atoms with van der Waals surface area (Å²) in [5.41, 5.74) is 6.18. The minimum Gasteiger partial charge on any atom is -0.443 e. The van der Waals surface area contributed by atoms with Gasteiger partial charge in [-0.3, -0.25) is 0 Å². The van der Waals surface area contributed by atoms with Crippen LogP contribution in [0.2, 0.25) is 5.02 Å². The zero-order chi connectivity index (χ0) is 27.0. The standard InChI is InChI=1S/C29H26ClN3O4S/c1-18-15-33(19(2)32-18)27-11-8-21(22-6-7-23(16-34)28(14-22)38(3,35)36)13-25(27)29-26(31-17-37-29)12-20-4-9-24(30)10-5-20/h4-11,13-15,17,34H,12,16H2,1-3H3. The van der Waals surface area contributed by atoms with Crippen LogP contribution >= 0.6 is 11.6 Å². The lowest BCUT2D eigenvalue weighted by Gasteiger charge is -2.15. The van der Waals surface area contributed by atoms with Gasteiger partial charge in [-0.1, -0.05) is 41.9 Å². The van der Waals surface area contributed by atoms with Gasteiger partial charge in [0, 0.05) is 29.5 Å². The number of rotatable bonds is 7. The number of imidazole rings is 1. The van der Waals surface area contributed by atoms with Crippen LogP contribution < -0.4 is 0 Å². The molecule has 1 N–H and O–H groups in total. The average molecular weight is 548 g/mol. The Morgan fingerprint density at radius 3 is 2.37 bits per heavy atom. The van der Waals surface area contributed by atoms with Crippen LogP contribution in [0.3, 0.4) is 0 Å². The Balaban J connectivity index is 1.68. The maximum absolute atomic E-state index is 12.4. The first kappa shape index (κ1) is 25.9. The van der Waals surface area contributed by atoms with Crippen LogP contribution in [0, 0.1) is 13.8 Å². The summed E-state index contributed by atoms with van der Waals surface area (Å²) < 4.78 is 32.8. The summed E-state index contributed by atoms with van der Waals surface area (Å²) in [5, 5.41) is 10.3. The molecule has 0 aliphatic rings. The predicted octanol–water partition coefficient (Wildman–Crippen LogP) is 5.95. The second kappa shape index (κ2) is 10.2. The predicted molar refractivity (Wildman–Crippen MR) is 147 cm³/mol. The molecular weight excluding hydrogens is 522 g/mol. The molecule has 194 valence electrons. The third-order valence-electron chi connectivity index (χ3n) is 6.40. The SMILES string of the molecule is Cc1cn(-c2ccc(-c3ccc(CO)c(S(C)(=O)=O)c3)cc2-c2ocnc2Cc2ccc(Cl)cc2)c(C)n1. The van der Waals surface area contributed by atoms with E-state index in [2.05, 4.69) is 9.97 Å². The summed E-state index contributed by atoms with van der Waals surface area (Å²) in [5.74, 6) is 1.43. The van der Waals surface area contributed by atoms with Gasteiger partial charge in [0.2, 0.25) is 0 Å². The smallest absolute Gasteiger partial charge is 0.181 e. The minimum absolute atomic E-state index is 0.104. The Hall–Kier alpha value is -3.72. The zero-order valence-electron chi connectivity index (χ0n) is 21.1. The van der Waals surface area contributed by atoms with Gasteiger partial charge in [0.05, 0.1) is 28.6 Å². The van der Waals surface area contributed by atoms with Crippen LogP contribution in [0.4, 0.5) is 0 Å². The molecule has 7 nitrogen and oxygen atoms in total. The fourth-order valence-corrected chi connectivity index (χ4v) is 5.67. The Labute approximate surface area is 226 Å². The molecule has 3 aromatic carbocycles. The van der Waals surface area contributed by atoms with Crippen LogP contribution in [-0.4, -0.2) is 34.3 Å². The molecule has 2 aromatic heterocycles. The van der Waals surface area contributed by atoms with E-state index < -0.39 is 9.84 Å². The molecule has 0 radical (unpaired) electrons. The van der Waals surface area contributed by atoms with Gasteiger partial charge < -0.3 is 14.1 Å². The molecule has 5 aromatic rings. The van der Waals surface area contributed by atoms with Crippen molar-refractivity contribution >= 4 is 21.4 Å². The van der Waals surface area contributed by atoms with Crippen LogP contribution in [0.5, 0.6) is 0 Å². The highest BCUT2D eigenvalue weighted by atomic mass is 35.5. The molecule has 38 heavy (non-hydrogen) atoms. The summed E-state index contributed by atoms with van der Waals surface area (Å²) >= 11 is 6.07. The Morgan fingerprint density at radius 2 is 1.71 bits per heavy atom. The van der Waals surface area contributed by atoms with Gasteiger partial charge in [-0.2, -0.15) is 0 Å². The highest BCUT2D eigenvalue weighted by Gasteiger charge is 2.20. The van der Waals surface area contributed by atoms with Crippen molar-refractivity contribution in [1.29, 1.82) is 0 Å². The number of nitrogens with zero attached hydrogens (tertiary/aromatic N) is 3. The Kier molecular flexibility index (Phi) is 6.96. The zero-order valence-corrected chi connectivity index (χ0v) is 22.7. The van der Waals surface area contributed by atoms with Crippen LogP contribution in [0.1, 0.15) is 28.3 Å². The average Bonchev–Trinajstić information content (AvgIpc) is 3.49. The van der Waals surface area contributed by atoms with E-state index in [1.165, 1.54) is 6.39 Å². The number of aryl methyl sites for hydroxylation is 2. The summed E-state index contributed by atoms with van der Waals surface area (Å²) in [6.45, 7) is 3.51. The van der Waals surface area contributed by atoms with Gasteiger partial charge in [0.1, 0.15) is 5.82 Å². The number of halogens is 1. The molecule has 5 rings (SSSR count). The van der Waals surface area contributed by atoms with E-state index in [0.717, 1.165) is 45.8 Å². The number of sulfone groups is 1. The molecule has 0 bridgehead atoms. The maximum atomic E-state index is 12.4. The van der Waals surface area contributed by atoms with Gasteiger partial charge in [0.25, 0.3) is 0 Å². The summed E-state index contributed by atoms with van der Waals surface area (Å²) in [4.78, 5) is 9.18. The van der Waals surface area contributed by atoms with E-state index in [9.17, 15) is 13.5 Å². The highest BCUT2D eigenvalue weighted by molar-refractivity contribution is 7.90. The number of oxazole rings is 1. The van der Waals surface area contributed by atoms with Crippen molar-refractivity contribution in [1.82, 2.24) is 14.5 Å². The molecule has 0 saturated carbocycles. The molecule has 0 aliphatic carbocycles. The lowest BCUT2D eigenvalue weighted by atomic mass is 9.97. The molecular formula is C29H26ClN3O4S. The van der Waals surface area contributed by atoms with E-state index >= 15 is 0 Å². The molecule has 0 spiro atoms. The Bertz CT molecular complexity index is 1740.